The van der Waals surface area contributed by atoms with Crippen molar-refractivity contribution in [3.05, 3.63) is 41.5 Å². The third-order valence-corrected chi connectivity index (χ3v) is 3.81. The van der Waals surface area contributed by atoms with Crippen LogP contribution in [0, 0.1) is 24.4 Å². The van der Waals surface area contributed by atoms with Gasteiger partial charge in [-0.15, -0.1) is 0 Å². The number of hydrogen-bond acceptors (Lipinski definition) is 2. The highest BCUT2D eigenvalue weighted by Gasteiger charge is 2.21. The van der Waals surface area contributed by atoms with Crippen LogP contribution in [0.2, 0.25) is 0 Å². The molecule has 0 atom stereocenters. The summed E-state index contributed by atoms with van der Waals surface area (Å²) in [6, 6.07) is 1.60. The van der Waals surface area contributed by atoms with Crippen LogP contribution in [0.4, 0.5) is 24.8 Å². The first-order chi connectivity index (χ1) is 10.0. The van der Waals surface area contributed by atoms with Crippen molar-refractivity contribution >= 4 is 11.6 Å². The average Bonchev–Trinajstić information content (AvgIpc) is 3.02. The number of benzene rings is 1. The maximum absolute atomic E-state index is 13.7. The van der Waals surface area contributed by atoms with Gasteiger partial charge in [0.25, 0.3) is 0 Å². The van der Waals surface area contributed by atoms with E-state index in [2.05, 4.69) is 10.3 Å². The molecule has 3 nitrogen and oxygen atoms in total. The Morgan fingerprint density at radius 2 is 1.76 bits per heavy atom. The van der Waals surface area contributed by atoms with Crippen molar-refractivity contribution in [1.29, 1.82) is 0 Å². The number of nitrogens with one attached hydrogen (secondary N) is 1. The van der Waals surface area contributed by atoms with Gasteiger partial charge in [0.2, 0.25) is 5.95 Å². The van der Waals surface area contributed by atoms with Crippen molar-refractivity contribution < 1.29 is 13.2 Å². The molecule has 1 saturated carbocycles. The third-order valence-electron chi connectivity index (χ3n) is 3.81. The van der Waals surface area contributed by atoms with Gasteiger partial charge in [-0.25, -0.2) is 18.2 Å². The van der Waals surface area contributed by atoms with E-state index in [0.717, 1.165) is 31.4 Å². The highest BCUT2D eigenvalue weighted by atomic mass is 19.1. The van der Waals surface area contributed by atoms with Crippen LogP contribution in [0.3, 0.4) is 0 Å². The summed E-state index contributed by atoms with van der Waals surface area (Å²) in [5.74, 6) is -2.48. The van der Waals surface area contributed by atoms with Crippen LogP contribution in [-0.4, -0.2) is 9.55 Å². The summed E-state index contributed by atoms with van der Waals surface area (Å²) < 4.78 is 42.3. The number of halogens is 3. The van der Waals surface area contributed by atoms with E-state index in [-0.39, 0.29) is 5.69 Å². The number of imidazole rings is 1. The molecule has 1 N–H and O–H groups in total. The Bertz CT molecular complexity index is 637. The Morgan fingerprint density at radius 1 is 1.14 bits per heavy atom. The summed E-state index contributed by atoms with van der Waals surface area (Å²) in [7, 11) is 0. The van der Waals surface area contributed by atoms with Crippen molar-refractivity contribution in [3.63, 3.8) is 0 Å². The lowest BCUT2D eigenvalue weighted by Crippen LogP contribution is -2.09. The first kappa shape index (κ1) is 14.0. The fraction of sp³-hybridized carbons (Fsp3) is 0.400. The summed E-state index contributed by atoms with van der Waals surface area (Å²) in [5, 5.41) is 2.67. The largest absolute Gasteiger partial charge is 0.321 e. The molecule has 0 unspecified atom stereocenters. The maximum atomic E-state index is 13.7. The monoisotopic (exact) mass is 295 g/mol. The molecule has 1 aromatic carbocycles. The molecule has 112 valence electrons. The second kappa shape index (κ2) is 5.42. The van der Waals surface area contributed by atoms with E-state index >= 15 is 0 Å². The van der Waals surface area contributed by atoms with Gasteiger partial charge in [-0.3, -0.25) is 0 Å². The molecule has 6 heteroatoms. The van der Waals surface area contributed by atoms with Gasteiger partial charge >= 0.3 is 0 Å². The lowest BCUT2D eigenvalue weighted by atomic mass is 10.2. The molecule has 0 radical (unpaired) electrons. The molecular weight excluding hydrogens is 279 g/mol. The van der Waals surface area contributed by atoms with Crippen molar-refractivity contribution in [2.75, 3.05) is 5.32 Å². The molecule has 3 rings (SSSR count). The van der Waals surface area contributed by atoms with E-state index in [1.165, 1.54) is 0 Å². The van der Waals surface area contributed by atoms with Gasteiger partial charge in [-0.2, -0.15) is 0 Å². The third kappa shape index (κ3) is 2.75. The number of hydrogen-bond donors (Lipinski definition) is 1. The van der Waals surface area contributed by atoms with Crippen LogP contribution in [-0.2, 0) is 0 Å². The fourth-order valence-electron chi connectivity index (χ4n) is 2.84. The predicted molar refractivity (Wildman–Crippen MR) is 74.1 cm³/mol. The first-order valence-electron chi connectivity index (χ1n) is 7.01. The summed E-state index contributed by atoms with van der Waals surface area (Å²) in [6.45, 7) is 1.83. The van der Waals surface area contributed by atoms with Gasteiger partial charge in [-0.1, -0.05) is 12.8 Å². The molecule has 0 aliphatic heterocycles. The highest BCUT2D eigenvalue weighted by Crippen LogP contribution is 2.33. The molecule has 1 aliphatic carbocycles. The van der Waals surface area contributed by atoms with Crippen LogP contribution >= 0.6 is 0 Å². The standard InChI is InChI=1S/C15H16F3N3/c1-9-8-21(11-4-2-3-5-11)15(19-9)20-14-12(17)6-10(16)7-13(14)18/h6-8,11H,2-5H2,1H3,(H,19,20). The first-order valence-corrected chi connectivity index (χ1v) is 7.01. The van der Waals surface area contributed by atoms with Crippen LogP contribution < -0.4 is 5.32 Å². The summed E-state index contributed by atoms with van der Waals surface area (Å²) in [6.07, 6.45) is 6.20. The summed E-state index contributed by atoms with van der Waals surface area (Å²) in [4.78, 5) is 4.28. The molecular formula is C15H16F3N3. The van der Waals surface area contributed by atoms with E-state index in [1.807, 2.05) is 17.7 Å². The molecule has 1 aliphatic rings. The minimum atomic E-state index is -0.967. The second-order valence-corrected chi connectivity index (χ2v) is 5.42. The van der Waals surface area contributed by atoms with Crippen LogP contribution in [0.1, 0.15) is 37.4 Å². The lowest BCUT2D eigenvalue weighted by molar-refractivity contribution is 0.521. The van der Waals surface area contributed by atoms with Crippen molar-refractivity contribution in [3.8, 4) is 0 Å². The Balaban J connectivity index is 1.95. The minimum Gasteiger partial charge on any atom is -0.321 e. The maximum Gasteiger partial charge on any atom is 0.207 e. The summed E-state index contributed by atoms with van der Waals surface area (Å²) >= 11 is 0. The molecule has 1 aromatic heterocycles. The quantitative estimate of drug-likeness (QED) is 0.905. The van der Waals surface area contributed by atoms with Crippen LogP contribution in [0.25, 0.3) is 0 Å². The molecule has 0 amide bonds. The Labute approximate surface area is 120 Å². The van der Waals surface area contributed by atoms with Crippen LogP contribution in [0.15, 0.2) is 18.3 Å². The van der Waals surface area contributed by atoms with Crippen LogP contribution in [0.5, 0.6) is 0 Å². The smallest absolute Gasteiger partial charge is 0.207 e. The normalized spacial score (nSPS) is 15.6. The molecule has 0 bridgehead atoms. The van der Waals surface area contributed by atoms with Crippen molar-refractivity contribution in [2.45, 2.75) is 38.6 Å². The van der Waals surface area contributed by atoms with E-state index in [9.17, 15) is 13.2 Å². The van der Waals surface area contributed by atoms with Crippen molar-refractivity contribution in [2.24, 2.45) is 0 Å². The number of rotatable bonds is 3. The molecule has 1 heterocycles. The van der Waals surface area contributed by atoms with Gasteiger partial charge in [0, 0.05) is 24.4 Å². The van der Waals surface area contributed by atoms with Crippen molar-refractivity contribution in [1.82, 2.24) is 9.55 Å². The van der Waals surface area contributed by atoms with E-state index in [1.54, 1.807) is 0 Å². The second-order valence-electron chi connectivity index (χ2n) is 5.42. The highest BCUT2D eigenvalue weighted by molar-refractivity contribution is 5.56. The number of anilines is 2. The van der Waals surface area contributed by atoms with E-state index in [0.29, 0.717) is 24.1 Å². The zero-order chi connectivity index (χ0) is 15.0. The summed E-state index contributed by atoms with van der Waals surface area (Å²) in [5.41, 5.74) is 0.397. The Hall–Kier alpha value is -1.98. The SMILES string of the molecule is Cc1cn(C2CCCC2)c(Nc2c(F)cc(F)cc2F)n1. The van der Waals surface area contributed by atoms with E-state index in [4.69, 9.17) is 0 Å². The van der Waals surface area contributed by atoms with E-state index < -0.39 is 17.5 Å². The van der Waals surface area contributed by atoms with Gasteiger partial charge in [0.15, 0.2) is 11.6 Å². The Morgan fingerprint density at radius 3 is 2.38 bits per heavy atom. The zero-order valence-corrected chi connectivity index (χ0v) is 11.7. The zero-order valence-electron chi connectivity index (χ0n) is 11.7. The van der Waals surface area contributed by atoms with Gasteiger partial charge in [0.05, 0.1) is 5.69 Å². The number of aromatic nitrogens is 2. The predicted octanol–water partition coefficient (Wildman–Crippen LogP) is 4.47. The molecule has 0 saturated heterocycles. The number of nitrogens with zero attached hydrogens (tertiary/aromatic N) is 2. The Kier molecular flexibility index (Phi) is 3.61. The molecule has 0 spiro atoms. The number of aryl methyl sites for hydroxylation is 1. The molecule has 21 heavy (non-hydrogen) atoms. The van der Waals surface area contributed by atoms with Gasteiger partial charge < -0.3 is 9.88 Å². The van der Waals surface area contributed by atoms with Gasteiger partial charge in [0.1, 0.15) is 11.5 Å². The topological polar surface area (TPSA) is 29.9 Å². The average molecular weight is 295 g/mol. The molecule has 1 fully saturated rings. The fourth-order valence-corrected chi connectivity index (χ4v) is 2.84. The lowest BCUT2D eigenvalue weighted by Gasteiger charge is -2.16. The van der Waals surface area contributed by atoms with Gasteiger partial charge in [-0.05, 0) is 19.8 Å². The molecule has 2 aromatic rings. The minimum absolute atomic E-state index is 0.292.